The molecule has 138 valence electrons. The molecule has 0 atom stereocenters. The first-order valence-corrected chi connectivity index (χ1v) is 9.88. The molecular weight excluding hydrogens is 356 g/mol. The Morgan fingerprint density at radius 3 is 2.62 bits per heavy atom. The number of benzene rings is 2. The fourth-order valence-electron chi connectivity index (χ4n) is 2.63. The van der Waals surface area contributed by atoms with E-state index in [-0.39, 0.29) is 13.3 Å². The van der Waals surface area contributed by atoms with Gasteiger partial charge in [0.25, 0.3) is 0 Å². The highest BCUT2D eigenvalue weighted by Crippen LogP contribution is 2.36. The summed E-state index contributed by atoms with van der Waals surface area (Å²) in [4.78, 5) is 12.3. The van der Waals surface area contributed by atoms with Crippen LogP contribution >= 0.6 is 0 Å². The molecule has 0 bridgehead atoms. The van der Waals surface area contributed by atoms with E-state index in [1.807, 2.05) is 31.2 Å². The number of anilines is 1. The quantitative estimate of drug-likeness (QED) is 0.831. The summed E-state index contributed by atoms with van der Waals surface area (Å²) in [7, 11) is -3.65. The van der Waals surface area contributed by atoms with Crippen LogP contribution in [-0.2, 0) is 21.4 Å². The molecule has 0 unspecified atom stereocenters. The van der Waals surface area contributed by atoms with Crippen molar-refractivity contribution in [2.24, 2.45) is 0 Å². The van der Waals surface area contributed by atoms with Crippen molar-refractivity contribution in [3.05, 3.63) is 53.6 Å². The monoisotopic (exact) mass is 376 g/mol. The van der Waals surface area contributed by atoms with Gasteiger partial charge in [0.1, 0.15) is 6.54 Å². The van der Waals surface area contributed by atoms with Gasteiger partial charge in [-0.25, -0.2) is 8.42 Å². The fraction of sp³-hybridized carbons (Fsp3) is 0.278. The number of aryl methyl sites for hydroxylation is 1. The van der Waals surface area contributed by atoms with Crippen molar-refractivity contribution in [2.45, 2.75) is 13.5 Å². The van der Waals surface area contributed by atoms with Crippen molar-refractivity contribution in [3.8, 4) is 11.5 Å². The van der Waals surface area contributed by atoms with Crippen LogP contribution in [0.4, 0.5) is 5.69 Å². The Morgan fingerprint density at radius 2 is 1.88 bits per heavy atom. The van der Waals surface area contributed by atoms with E-state index in [2.05, 4.69) is 5.32 Å². The lowest BCUT2D eigenvalue weighted by Gasteiger charge is -2.22. The van der Waals surface area contributed by atoms with E-state index < -0.39 is 15.9 Å². The Balaban J connectivity index is 1.73. The number of rotatable bonds is 6. The maximum atomic E-state index is 12.3. The Kier molecular flexibility index (Phi) is 5.03. The van der Waals surface area contributed by atoms with Crippen LogP contribution in [0.5, 0.6) is 11.5 Å². The van der Waals surface area contributed by atoms with Gasteiger partial charge < -0.3 is 14.8 Å². The van der Waals surface area contributed by atoms with Crippen LogP contribution in [0, 0.1) is 6.92 Å². The first-order valence-electron chi connectivity index (χ1n) is 8.03. The van der Waals surface area contributed by atoms with Crippen LogP contribution in [0.2, 0.25) is 0 Å². The summed E-state index contributed by atoms with van der Waals surface area (Å²) in [6, 6.07) is 12.5. The van der Waals surface area contributed by atoms with Gasteiger partial charge in [-0.1, -0.05) is 24.3 Å². The van der Waals surface area contributed by atoms with E-state index in [0.29, 0.717) is 23.7 Å². The number of amides is 1. The molecule has 1 aliphatic heterocycles. The number of fused-ring (bicyclic) bond motifs is 1. The Labute approximate surface area is 152 Å². The van der Waals surface area contributed by atoms with Crippen molar-refractivity contribution in [2.75, 3.05) is 23.9 Å². The molecule has 1 amide bonds. The molecule has 1 heterocycles. The van der Waals surface area contributed by atoms with Crippen molar-refractivity contribution in [1.29, 1.82) is 0 Å². The summed E-state index contributed by atoms with van der Waals surface area (Å²) in [5.41, 5.74) is 2.39. The average molecular weight is 376 g/mol. The van der Waals surface area contributed by atoms with E-state index in [1.54, 1.807) is 18.2 Å². The van der Waals surface area contributed by atoms with Crippen molar-refractivity contribution >= 4 is 21.6 Å². The predicted molar refractivity (Wildman–Crippen MR) is 97.8 cm³/mol. The summed E-state index contributed by atoms with van der Waals surface area (Å²) in [6.45, 7) is 2.07. The van der Waals surface area contributed by atoms with E-state index >= 15 is 0 Å². The number of sulfonamides is 1. The Hall–Kier alpha value is -2.74. The highest BCUT2D eigenvalue weighted by Gasteiger charge is 2.23. The van der Waals surface area contributed by atoms with E-state index in [9.17, 15) is 13.2 Å². The minimum atomic E-state index is -3.65. The molecule has 0 radical (unpaired) electrons. The summed E-state index contributed by atoms with van der Waals surface area (Å²) in [5, 5.41) is 2.76. The van der Waals surface area contributed by atoms with E-state index in [4.69, 9.17) is 9.47 Å². The van der Waals surface area contributed by atoms with Gasteiger partial charge in [-0.2, -0.15) is 0 Å². The van der Waals surface area contributed by atoms with Gasteiger partial charge in [0.05, 0.1) is 11.9 Å². The zero-order valence-electron chi connectivity index (χ0n) is 14.6. The molecule has 3 rings (SSSR count). The lowest BCUT2D eigenvalue weighted by atomic mass is 10.1. The Morgan fingerprint density at radius 1 is 1.15 bits per heavy atom. The minimum Gasteiger partial charge on any atom is -0.454 e. The standard InChI is InChI=1S/C18H20N2O5S/c1-13-5-3-4-6-14(13)10-19-18(21)11-20(26(2,22)23)15-7-8-16-17(9-15)25-12-24-16/h3-9H,10-12H2,1-2H3,(H,19,21). The summed E-state index contributed by atoms with van der Waals surface area (Å²) < 4.78 is 35.9. The first-order chi connectivity index (χ1) is 12.3. The third-order valence-corrected chi connectivity index (χ3v) is 5.21. The van der Waals surface area contributed by atoms with Crippen LogP contribution in [0.1, 0.15) is 11.1 Å². The maximum absolute atomic E-state index is 12.3. The summed E-state index contributed by atoms with van der Waals surface area (Å²) in [5.74, 6) is 0.610. The van der Waals surface area contributed by atoms with E-state index in [0.717, 1.165) is 21.7 Å². The third kappa shape index (κ3) is 4.08. The number of hydrogen-bond acceptors (Lipinski definition) is 5. The molecule has 7 nitrogen and oxygen atoms in total. The zero-order chi connectivity index (χ0) is 18.7. The van der Waals surface area contributed by atoms with Gasteiger partial charge in [-0.15, -0.1) is 0 Å². The van der Waals surface area contributed by atoms with E-state index in [1.165, 1.54) is 0 Å². The highest BCUT2D eigenvalue weighted by molar-refractivity contribution is 7.92. The minimum absolute atomic E-state index is 0.0918. The van der Waals surface area contributed by atoms with Crippen molar-refractivity contribution in [1.82, 2.24) is 5.32 Å². The molecule has 26 heavy (non-hydrogen) atoms. The SMILES string of the molecule is Cc1ccccc1CNC(=O)CN(c1ccc2c(c1)OCO2)S(C)(=O)=O. The highest BCUT2D eigenvalue weighted by atomic mass is 32.2. The van der Waals surface area contributed by atoms with Gasteiger partial charge in [-0.05, 0) is 30.2 Å². The number of carbonyl (C=O) groups is 1. The molecule has 1 aliphatic rings. The molecule has 8 heteroatoms. The number of ether oxygens (including phenoxy) is 2. The predicted octanol–water partition coefficient (Wildman–Crippen LogP) is 1.81. The molecule has 0 spiro atoms. The van der Waals surface area contributed by atoms with Crippen LogP contribution in [0.3, 0.4) is 0 Å². The molecule has 0 aliphatic carbocycles. The first kappa shape index (κ1) is 18.1. The lowest BCUT2D eigenvalue weighted by molar-refractivity contribution is -0.119. The van der Waals surface area contributed by atoms with Crippen LogP contribution in [-0.4, -0.2) is 33.9 Å². The van der Waals surface area contributed by atoms with Crippen molar-refractivity contribution < 1.29 is 22.7 Å². The second-order valence-corrected chi connectivity index (χ2v) is 7.92. The second-order valence-electron chi connectivity index (χ2n) is 6.01. The third-order valence-electron chi connectivity index (χ3n) is 4.07. The molecule has 2 aromatic carbocycles. The smallest absolute Gasteiger partial charge is 0.241 e. The number of nitrogens with zero attached hydrogens (tertiary/aromatic N) is 1. The van der Waals surface area contributed by atoms with Gasteiger partial charge >= 0.3 is 0 Å². The van der Waals surface area contributed by atoms with Crippen molar-refractivity contribution in [3.63, 3.8) is 0 Å². The number of hydrogen-bond donors (Lipinski definition) is 1. The van der Waals surface area contributed by atoms with Gasteiger partial charge in [-0.3, -0.25) is 9.10 Å². The Bertz CT molecular complexity index is 927. The molecular formula is C18H20N2O5S. The zero-order valence-corrected chi connectivity index (χ0v) is 15.4. The van der Waals surface area contributed by atoms with Gasteiger partial charge in [0, 0.05) is 12.6 Å². The van der Waals surface area contributed by atoms with Crippen LogP contribution < -0.4 is 19.1 Å². The molecule has 0 saturated heterocycles. The summed E-state index contributed by atoms with van der Waals surface area (Å²) >= 11 is 0. The molecule has 2 aromatic rings. The van der Waals surface area contributed by atoms with Gasteiger partial charge in [0.2, 0.25) is 22.7 Å². The molecule has 0 aromatic heterocycles. The maximum Gasteiger partial charge on any atom is 0.241 e. The van der Waals surface area contributed by atoms with Gasteiger partial charge in [0.15, 0.2) is 11.5 Å². The lowest BCUT2D eigenvalue weighted by Crippen LogP contribution is -2.40. The average Bonchev–Trinajstić information content (AvgIpc) is 3.05. The normalized spacial score (nSPS) is 12.7. The number of carbonyl (C=O) groups excluding carboxylic acids is 1. The number of nitrogens with one attached hydrogen (secondary N) is 1. The molecule has 1 N–H and O–H groups in total. The van der Waals surface area contributed by atoms with Crippen LogP contribution in [0.15, 0.2) is 42.5 Å². The largest absolute Gasteiger partial charge is 0.454 e. The molecule has 0 saturated carbocycles. The topological polar surface area (TPSA) is 84.9 Å². The van der Waals surface area contributed by atoms with Crippen LogP contribution in [0.25, 0.3) is 0 Å². The second kappa shape index (κ2) is 7.25. The summed E-state index contributed by atoms with van der Waals surface area (Å²) in [6.07, 6.45) is 1.06. The fourth-order valence-corrected chi connectivity index (χ4v) is 3.48. The molecule has 0 fully saturated rings.